The van der Waals surface area contributed by atoms with Crippen molar-refractivity contribution in [2.24, 2.45) is 0 Å². The summed E-state index contributed by atoms with van der Waals surface area (Å²) in [6.45, 7) is -0.107. The Labute approximate surface area is 128 Å². The van der Waals surface area contributed by atoms with E-state index < -0.39 is 18.1 Å². The molecule has 0 aliphatic heterocycles. The lowest BCUT2D eigenvalue weighted by atomic mass is 10.2. The molecule has 3 aromatic rings. The van der Waals surface area contributed by atoms with Crippen molar-refractivity contribution in [3.63, 3.8) is 0 Å². The normalized spacial score (nSPS) is 11.0. The first-order chi connectivity index (χ1) is 11.1. The third kappa shape index (κ3) is 3.44. The SMILES string of the molecule is Fc1cc(-c2nnc(C(F)F)o2)cnc1COc1cccnc1. The van der Waals surface area contributed by atoms with E-state index in [1.54, 1.807) is 18.3 Å². The van der Waals surface area contributed by atoms with E-state index in [2.05, 4.69) is 20.2 Å². The molecule has 0 aliphatic carbocycles. The molecule has 3 aromatic heterocycles. The van der Waals surface area contributed by atoms with E-state index in [0.29, 0.717) is 5.75 Å². The van der Waals surface area contributed by atoms with Gasteiger partial charge in [0.05, 0.1) is 11.8 Å². The maximum absolute atomic E-state index is 14.0. The Kier molecular flexibility index (Phi) is 4.18. The van der Waals surface area contributed by atoms with Crippen molar-refractivity contribution in [1.29, 1.82) is 0 Å². The summed E-state index contributed by atoms with van der Waals surface area (Å²) in [5.41, 5.74) is 0.151. The fourth-order valence-corrected chi connectivity index (χ4v) is 1.71. The number of rotatable bonds is 5. The van der Waals surface area contributed by atoms with Crippen LogP contribution in [-0.2, 0) is 6.61 Å². The second-order valence-electron chi connectivity index (χ2n) is 4.38. The van der Waals surface area contributed by atoms with Gasteiger partial charge in [-0.05, 0) is 18.2 Å². The summed E-state index contributed by atoms with van der Waals surface area (Å²) in [5.74, 6) is -1.27. The van der Waals surface area contributed by atoms with Gasteiger partial charge in [0.2, 0.25) is 5.89 Å². The molecule has 118 valence electrons. The van der Waals surface area contributed by atoms with Crippen LogP contribution in [-0.4, -0.2) is 20.2 Å². The molecular formula is C14H9F3N4O2. The molecule has 9 heteroatoms. The van der Waals surface area contributed by atoms with Gasteiger partial charge in [-0.25, -0.2) is 4.39 Å². The van der Waals surface area contributed by atoms with E-state index in [1.165, 1.54) is 12.4 Å². The van der Waals surface area contributed by atoms with E-state index in [-0.39, 0.29) is 23.8 Å². The smallest absolute Gasteiger partial charge is 0.314 e. The Balaban J connectivity index is 1.75. The van der Waals surface area contributed by atoms with Gasteiger partial charge in [-0.3, -0.25) is 9.97 Å². The zero-order valence-electron chi connectivity index (χ0n) is 11.5. The maximum Gasteiger partial charge on any atom is 0.314 e. The molecule has 0 spiro atoms. The third-order valence-corrected chi connectivity index (χ3v) is 2.80. The standard InChI is InChI=1S/C14H9F3N4O2/c15-10-4-8(13-20-21-14(23-13)12(16)17)5-19-11(10)7-22-9-2-1-3-18-6-9/h1-6,12H,7H2. The number of aromatic nitrogens is 4. The summed E-state index contributed by atoms with van der Waals surface area (Å²) >= 11 is 0. The van der Waals surface area contributed by atoms with Crippen LogP contribution in [0, 0.1) is 5.82 Å². The molecule has 6 nitrogen and oxygen atoms in total. The predicted molar refractivity (Wildman–Crippen MR) is 71.0 cm³/mol. The number of hydrogen-bond donors (Lipinski definition) is 0. The molecule has 0 fully saturated rings. The number of alkyl halides is 2. The summed E-state index contributed by atoms with van der Waals surface area (Å²) in [5, 5.41) is 6.60. The highest BCUT2D eigenvalue weighted by atomic mass is 19.3. The van der Waals surface area contributed by atoms with Gasteiger partial charge in [-0.15, -0.1) is 10.2 Å². The number of pyridine rings is 2. The van der Waals surface area contributed by atoms with E-state index in [4.69, 9.17) is 9.15 Å². The fourth-order valence-electron chi connectivity index (χ4n) is 1.71. The van der Waals surface area contributed by atoms with Crippen LogP contribution < -0.4 is 4.74 Å². The van der Waals surface area contributed by atoms with E-state index >= 15 is 0 Å². The van der Waals surface area contributed by atoms with Crippen LogP contribution in [0.25, 0.3) is 11.5 Å². The monoisotopic (exact) mass is 322 g/mol. The molecule has 0 saturated heterocycles. The minimum atomic E-state index is -2.89. The Bertz CT molecular complexity index is 796. The molecule has 0 aromatic carbocycles. The molecule has 23 heavy (non-hydrogen) atoms. The molecule has 0 saturated carbocycles. The highest BCUT2D eigenvalue weighted by molar-refractivity contribution is 5.51. The molecule has 0 unspecified atom stereocenters. The van der Waals surface area contributed by atoms with Gasteiger partial charge in [0, 0.05) is 12.4 Å². The first-order valence-electron chi connectivity index (χ1n) is 6.42. The van der Waals surface area contributed by atoms with Crippen molar-refractivity contribution < 1.29 is 22.3 Å². The Morgan fingerprint density at radius 2 is 2.09 bits per heavy atom. The number of hydrogen-bond acceptors (Lipinski definition) is 6. The highest BCUT2D eigenvalue weighted by Crippen LogP contribution is 2.24. The molecule has 3 rings (SSSR count). The van der Waals surface area contributed by atoms with Crippen molar-refractivity contribution >= 4 is 0 Å². The van der Waals surface area contributed by atoms with Gasteiger partial charge in [-0.2, -0.15) is 8.78 Å². The van der Waals surface area contributed by atoms with Gasteiger partial charge in [-0.1, -0.05) is 0 Å². The molecule has 0 amide bonds. The van der Waals surface area contributed by atoms with E-state index in [9.17, 15) is 13.2 Å². The van der Waals surface area contributed by atoms with Crippen LogP contribution in [0.3, 0.4) is 0 Å². The van der Waals surface area contributed by atoms with Crippen molar-refractivity contribution in [3.05, 3.63) is 54.2 Å². The van der Waals surface area contributed by atoms with Gasteiger partial charge in [0.1, 0.15) is 23.9 Å². The van der Waals surface area contributed by atoms with Crippen molar-refractivity contribution in [2.75, 3.05) is 0 Å². The molecular weight excluding hydrogens is 313 g/mol. The van der Waals surface area contributed by atoms with Crippen molar-refractivity contribution in [2.45, 2.75) is 13.0 Å². The molecule has 0 radical (unpaired) electrons. The Hall–Kier alpha value is -2.97. The second kappa shape index (κ2) is 6.42. The van der Waals surface area contributed by atoms with Crippen LogP contribution in [0.5, 0.6) is 5.75 Å². The van der Waals surface area contributed by atoms with Crippen LogP contribution in [0.1, 0.15) is 18.0 Å². The molecule has 0 aliphatic rings. The summed E-state index contributed by atoms with van der Waals surface area (Å²) < 4.78 is 48.9. The van der Waals surface area contributed by atoms with E-state index in [1.807, 2.05) is 0 Å². The number of ether oxygens (including phenoxy) is 1. The van der Waals surface area contributed by atoms with Crippen LogP contribution in [0.15, 0.2) is 41.2 Å². The summed E-state index contributed by atoms with van der Waals surface area (Å²) in [6, 6.07) is 4.42. The largest absolute Gasteiger partial charge is 0.486 e. The molecule has 0 atom stereocenters. The Morgan fingerprint density at radius 3 is 2.74 bits per heavy atom. The predicted octanol–water partition coefficient (Wildman–Crippen LogP) is 3.18. The van der Waals surface area contributed by atoms with Crippen LogP contribution in [0.4, 0.5) is 13.2 Å². The van der Waals surface area contributed by atoms with Gasteiger partial charge >= 0.3 is 6.43 Å². The van der Waals surface area contributed by atoms with Gasteiger partial charge in [0.25, 0.3) is 5.89 Å². The average molecular weight is 322 g/mol. The number of nitrogens with zero attached hydrogens (tertiary/aromatic N) is 4. The maximum atomic E-state index is 14.0. The average Bonchev–Trinajstić information content (AvgIpc) is 3.05. The first kappa shape index (κ1) is 14.9. The lowest BCUT2D eigenvalue weighted by molar-refractivity contribution is 0.116. The second-order valence-corrected chi connectivity index (χ2v) is 4.38. The van der Waals surface area contributed by atoms with E-state index in [0.717, 1.165) is 6.07 Å². The zero-order chi connectivity index (χ0) is 16.2. The van der Waals surface area contributed by atoms with Crippen LogP contribution in [0.2, 0.25) is 0 Å². The zero-order valence-corrected chi connectivity index (χ0v) is 11.5. The third-order valence-electron chi connectivity index (χ3n) is 2.80. The molecule has 0 bridgehead atoms. The lowest BCUT2D eigenvalue weighted by Gasteiger charge is -2.06. The Morgan fingerprint density at radius 1 is 1.22 bits per heavy atom. The topological polar surface area (TPSA) is 73.9 Å². The fraction of sp³-hybridized carbons (Fsp3) is 0.143. The van der Waals surface area contributed by atoms with Crippen molar-refractivity contribution in [1.82, 2.24) is 20.2 Å². The minimum Gasteiger partial charge on any atom is -0.486 e. The minimum absolute atomic E-state index is 0.0474. The molecule has 3 heterocycles. The summed E-state index contributed by atoms with van der Waals surface area (Å²) in [4.78, 5) is 7.75. The van der Waals surface area contributed by atoms with Crippen molar-refractivity contribution in [3.8, 4) is 17.2 Å². The van der Waals surface area contributed by atoms with Crippen LogP contribution >= 0.6 is 0 Å². The lowest BCUT2D eigenvalue weighted by Crippen LogP contribution is -2.02. The van der Waals surface area contributed by atoms with Gasteiger partial charge < -0.3 is 9.15 Å². The summed E-state index contributed by atoms with van der Waals surface area (Å²) in [7, 11) is 0. The van der Waals surface area contributed by atoms with Gasteiger partial charge in [0.15, 0.2) is 0 Å². The highest BCUT2D eigenvalue weighted by Gasteiger charge is 2.18. The summed E-state index contributed by atoms with van der Waals surface area (Å²) in [6.07, 6.45) is 1.42. The quantitative estimate of drug-likeness (QED) is 0.718. The number of halogens is 3. The molecule has 0 N–H and O–H groups in total. The first-order valence-corrected chi connectivity index (χ1v) is 6.42.